The number of benzene rings is 1. The Bertz CT molecular complexity index is 773. The van der Waals surface area contributed by atoms with Crippen LogP contribution >= 0.6 is 0 Å². The monoisotopic (exact) mass is 345 g/mol. The maximum atomic E-state index is 12.6. The predicted molar refractivity (Wildman–Crippen MR) is 90.7 cm³/mol. The second-order valence-corrected chi connectivity index (χ2v) is 7.16. The topological polar surface area (TPSA) is 68.2 Å². The summed E-state index contributed by atoms with van der Waals surface area (Å²) in [5.74, 6) is 0.936. The molecule has 0 aromatic heterocycles. The Morgan fingerprint density at radius 1 is 1.24 bits per heavy atom. The van der Waals surface area contributed by atoms with Gasteiger partial charge in [-0.05, 0) is 24.8 Å². The van der Waals surface area contributed by atoms with Gasteiger partial charge in [0.15, 0.2) is 23.0 Å². The van der Waals surface area contributed by atoms with Crippen molar-refractivity contribution in [2.75, 3.05) is 34.9 Å². The van der Waals surface area contributed by atoms with E-state index in [4.69, 9.17) is 14.2 Å². The molecule has 1 saturated heterocycles. The number of Topliss-reactive ketones (excluding diaryl/α,β-unsaturated/α-hetero) is 1. The van der Waals surface area contributed by atoms with E-state index in [9.17, 15) is 9.90 Å². The van der Waals surface area contributed by atoms with E-state index in [-0.39, 0.29) is 29.6 Å². The Kier molecular flexibility index (Phi) is 3.60. The van der Waals surface area contributed by atoms with Crippen LogP contribution in [0.2, 0.25) is 0 Å². The molecule has 6 heteroatoms. The second kappa shape index (κ2) is 5.47. The molecule has 1 unspecified atom stereocenters. The molecule has 1 aromatic rings. The van der Waals surface area contributed by atoms with Crippen LogP contribution in [-0.2, 0) is 19.7 Å². The number of likely N-dealkylation sites (tertiary alicyclic amines) is 1. The zero-order valence-electron chi connectivity index (χ0n) is 14.9. The van der Waals surface area contributed by atoms with Gasteiger partial charge in [0.2, 0.25) is 0 Å². The summed E-state index contributed by atoms with van der Waals surface area (Å²) in [4.78, 5) is 14.9. The molecular weight excluding hydrogens is 322 g/mol. The van der Waals surface area contributed by atoms with E-state index in [1.807, 2.05) is 19.2 Å². The van der Waals surface area contributed by atoms with Crippen LogP contribution < -0.4 is 4.74 Å². The molecule has 0 radical (unpaired) electrons. The minimum absolute atomic E-state index is 0.0283. The summed E-state index contributed by atoms with van der Waals surface area (Å²) < 4.78 is 16.5. The number of rotatable bonds is 3. The van der Waals surface area contributed by atoms with Crippen molar-refractivity contribution in [1.29, 1.82) is 0 Å². The lowest BCUT2D eigenvalue weighted by Gasteiger charge is -2.45. The third-order valence-corrected chi connectivity index (χ3v) is 6.11. The number of ether oxygens (including phenoxy) is 3. The van der Waals surface area contributed by atoms with E-state index < -0.39 is 5.41 Å². The van der Waals surface area contributed by atoms with Crippen LogP contribution in [0, 0.1) is 5.92 Å². The van der Waals surface area contributed by atoms with Crippen LogP contribution in [0.3, 0.4) is 0 Å². The van der Waals surface area contributed by atoms with Gasteiger partial charge in [-0.1, -0.05) is 6.07 Å². The Hall–Kier alpha value is -2.05. The quantitative estimate of drug-likeness (QED) is 0.901. The third-order valence-electron chi connectivity index (χ3n) is 6.11. The summed E-state index contributed by atoms with van der Waals surface area (Å²) in [7, 11) is 6.79. The van der Waals surface area contributed by atoms with E-state index in [1.165, 1.54) is 14.2 Å². The lowest BCUT2D eigenvalue weighted by Crippen LogP contribution is -2.47. The van der Waals surface area contributed by atoms with Gasteiger partial charge in [-0.25, -0.2) is 0 Å². The molecule has 1 heterocycles. The number of hydrogen-bond donors (Lipinski definition) is 1. The zero-order chi connectivity index (χ0) is 17.9. The fraction of sp³-hybridized carbons (Fsp3) is 0.526. The molecule has 0 saturated carbocycles. The molecule has 2 bridgehead atoms. The van der Waals surface area contributed by atoms with Crippen LogP contribution in [0.15, 0.2) is 24.0 Å². The summed E-state index contributed by atoms with van der Waals surface area (Å²) in [6.07, 6.45) is 2.04. The zero-order valence-corrected chi connectivity index (χ0v) is 14.9. The number of likely N-dealkylation sites (N-methyl/N-ethyl adjacent to an activating group) is 1. The molecule has 6 nitrogen and oxygen atoms in total. The first-order chi connectivity index (χ1) is 12.0. The number of phenolic OH excluding ortho intramolecular Hbond substituents is 1. The number of ketones is 1. The first kappa shape index (κ1) is 16.4. The van der Waals surface area contributed by atoms with Gasteiger partial charge in [0.1, 0.15) is 0 Å². The minimum atomic E-state index is -0.485. The number of fused-ring (bicyclic) bond motifs is 1. The summed E-state index contributed by atoms with van der Waals surface area (Å²) in [5.41, 5.74) is 1.24. The molecule has 4 rings (SSSR count). The van der Waals surface area contributed by atoms with E-state index in [0.29, 0.717) is 24.5 Å². The summed E-state index contributed by atoms with van der Waals surface area (Å²) in [5, 5.41) is 10.9. The lowest BCUT2D eigenvalue weighted by molar-refractivity contribution is -0.121. The fourth-order valence-electron chi connectivity index (χ4n) is 5.22. The molecule has 1 aliphatic heterocycles. The Morgan fingerprint density at radius 2 is 2.00 bits per heavy atom. The molecule has 4 atom stereocenters. The van der Waals surface area contributed by atoms with Crippen LogP contribution in [0.25, 0.3) is 0 Å². The predicted octanol–water partition coefficient (Wildman–Crippen LogP) is 1.77. The molecule has 134 valence electrons. The van der Waals surface area contributed by atoms with Crippen molar-refractivity contribution in [3.05, 3.63) is 35.1 Å². The fourth-order valence-corrected chi connectivity index (χ4v) is 5.22. The smallest absolute Gasteiger partial charge is 0.197 e. The summed E-state index contributed by atoms with van der Waals surface area (Å²) >= 11 is 0. The van der Waals surface area contributed by atoms with Crippen LogP contribution in [-0.4, -0.2) is 56.8 Å². The molecule has 1 N–H and O–H groups in total. The van der Waals surface area contributed by atoms with Crippen LogP contribution in [0.1, 0.15) is 23.7 Å². The lowest BCUT2D eigenvalue weighted by atomic mass is 9.58. The van der Waals surface area contributed by atoms with Gasteiger partial charge in [-0.15, -0.1) is 0 Å². The Morgan fingerprint density at radius 3 is 2.64 bits per heavy atom. The molecule has 0 spiro atoms. The average molecular weight is 345 g/mol. The number of methoxy groups -OCH3 is 3. The number of aromatic hydroxyl groups is 1. The molecule has 1 aromatic carbocycles. The third kappa shape index (κ3) is 1.95. The van der Waals surface area contributed by atoms with E-state index >= 15 is 0 Å². The van der Waals surface area contributed by atoms with Gasteiger partial charge < -0.3 is 19.3 Å². The van der Waals surface area contributed by atoms with Gasteiger partial charge in [0, 0.05) is 43.0 Å². The minimum Gasteiger partial charge on any atom is -0.504 e. The van der Waals surface area contributed by atoms with Crippen molar-refractivity contribution in [2.24, 2.45) is 5.92 Å². The summed E-state index contributed by atoms with van der Waals surface area (Å²) in [6.45, 7) is 0.676. The van der Waals surface area contributed by atoms with E-state index in [1.54, 1.807) is 13.2 Å². The van der Waals surface area contributed by atoms with Gasteiger partial charge in [0.25, 0.3) is 0 Å². The first-order valence-corrected chi connectivity index (χ1v) is 8.41. The molecule has 3 aliphatic rings. The molecule has 1 fully saturated rings. The highest BCUT2D eigenvalue weighted by atomic mass is 16.5. The maximum absolute atomic E-state index is 12.6. The number of carbonyl (C=O) groups excluding carboxylic acids is 1. The Labute approximate surface area is 147 Å². The molecule has 0 amide bonds. The van der Waals surface area contributed by atoms with Gasteiger partial charge >= 0.3 is 0 Å². The standard InChI is InChI=1S/C19H23NO5/c1-20-9-19-8-12(21)14(24-3)7-11(19)16(20)18(25-4)10-5-6-13(23-2)17(22)15(10)19/h5-7,11,16,18,22H,8-9H2,1-4H3/t11?,16-,18-,19+/m1/s1. The number of nitrogens with zero attached hydrogens (tertiary/aromatic N) is 1. The molecule has 25 heavy (non-hydrogen) atoms. The average Bonchev–Trinajstić information content (AvgIpc) is 2.81. The number of carbonyl (C=O) groups is 1. The van der Waals surface area contributed by atoms with Gasteiger partial charge in [0.05, 0.1) is 20.3 Å². The van der Waals surface area contributed by atoms with Crippen molar-refractivity contribution in [3.8, 4) is 11.5 Å². The van der Waals surface area contributed by atoms with Crippen molar-refractivity contribution in [2.45, 2.75) is 24.0 Å². The number of hydrogen-bond acceptors (Lipinski definition) is 6. The normalized spacial score (nSPS) is 33.5. The SMILES string of the molecule is COC1=CC2[C@@H]3[C@H](OC)c4ccc(OC)c(O)c4[C@@]2(CC1=O)CN3C. The van der Waals surface area contributed by atoms with Crippen LogP contribution in [0.4, 0.5) is 0 Å². The van der Waals surface area contributed by atoms with Crippen LogP contribution in [0.5, 0.6) is 11.5 Å². The Balaban J connectivity index is 2.02. The van der Waals surface area contributed by atoms with Crippen molar-refractivity contribution in [1.82, 2.24) is 4.90 Å². The largest absolute Gasteiger partial charge is 0.504 e. The van der Waals surface area contributed by atoms with Crippen molar-refractivity contribution >= 4 is 5.78 Å². The second-order valence-electron chi connectivity index (χ2n) is 7.16. The molecular formula is C19H23NO5. The maximum Gasteiger partial charge on any atom is 0.197 e. The van der Waals surface area contributed by atoms with E-state index in [2.05, 4.69) is 4.90 Å². The number of phenols is 1. The first-order valence-electron chi connectivity index (χ1n) is 8.41. The highest BCUT2D eigenvalue weighted by Crippen LogP contribution is 2.61. The number of allylic oxidation sites excluding steroid dienone is 1. The van der Waals surface area contributed by atoms with Gasteiger partial charge in [-0.3, -0.25) is 9.69 Å². The molecule has 2 aliphatic carbocycles. The van der Waals surface area contributed by atoms with E-state index in [0.717, 1.165) is 11.1 Å². The highest BCUT2D eigenvalue weighted by Gasteiger charge is 2.62. The highest BCUT2D eigenvalue weighted by molar-refractivity contribution is 5.96. The van der Waals surface area contributed by atoms with Crippen molar-refractivity contribution in [3.63, 3.8) is 0 Å². The van der Waals surface area contributed by atoms with Crippen molar-refractivity contribution < 1.29 is 24.1 Å². The summed E-state index contributed by atoms with van der Waals surface area (Å²) in [6, 6.07) is 3.80. The van der Waals surface area contributed by atoms with Gasteiger partial charge in [-0.2, -0.15) is 0 Å².